The summed E-state index contributed by atoms with van der Waals surface area (Å²) in [5.74, 6) is -4.85. The summed E-state index contributed by atoms with van der Waals surface area (Å²) in [7, 11) is 0. The van der Waals surface area contributed by atoms with Gasteiger partial charge in [-0.25, -0.2) is 19.2 Å². The third kappa shape index (κ3) is 4.73. The third-order valence-corrected chi connectivity index (χ3v) is 2.88. The van der Waals surface area contributed by atoms with Crippen LogP contribution >= 0.6 is 0 Å². The van der Waals surface area contributed by atoms with Crippen LogP contribution in [0, 0.1) is 0 Å². The van der Waals surface area contributed by atoms with Gasteiger partial charge in [0.25, 0.3) is 0 Å². The van der Waals surface area contributed by atoms with Crippen molar-refractivity contribution in [2.75, 3.05) is 0 Å². The number of nitrogens with one attached hydrogen (secondary N) is 2. The lowest BCUT2D eigenvalue weighted by Crippen LogP contribution is -2.39. The van der Waals surface area contributed by atoms with Crippen LogP contribution < -0.4 is 10.6 Å². The Morgan fingerprint density at radius 2 is 1.04 bits per heavy atom. The monoisotopic (exact) mass is 338 g/mol. The number of carboxylic acids is 4. The van der Waals surface area contributed by atoms with E-state index in [4.69, 9.17) is 20.4 Å². The predicted octanol–water partition coefficient (Wildman–Crippen LogP) is -0.865. The van der Waals surface area contributed by atoms with E-state index in [0.29, 0.717) is 0 Å². The van der Waals surface area contributed by atoms with Gasteiger partial charge in [-0.3, -0.25) is 0 Å². The highest BCUT2D eigenvalue weighted by molar-refractivity contribution is 5.97. The minimum atomic E-state index is -1.22. The summed E-state index contributed by atoms with van der Waals surface area (Å²) in [5, 5.41) is 39.1. The summed E-state index contributed by atoms with van der Waals surface area (Å²) in [5.41, 5.74) is -0.324. The SMILES string of the molecule is O=C(O)C1=CC=CNC1C(=O)O.O=C(O)C1=CC=CNC1C(=O)O. The maximum atomic E-state index is 10.5. The number of rotatable bonds is 4. The zero-order valence-corrected chi connectivity index (χ0v) is 12.0. The van der Waals surface area contributed by atoms with Crippen molar-refractivity contribution >= 4 is 23.9 Å². The van der Waals surface area contributed by atoms with Crippen molar-refractivity contribution in [3.63, 3.8) is 0 Å². The van der Waals surface area contributed by atoms with E-state index in [-0.39, 0.29) is 11.1 Å². The number of dihydropyridines is 2. The van der Waals surface area contributed by atoms with Gasteiger partial charge in [0.1, 0.15) is 0 Å². The Kier molecular flexibility index (Phi) is 6.30. The van der Waals surface area contributed by atoms with Crippen molar-refractivity contribution in [2.45, 2.75) is 12.1 Å². The van der Waals surface area contributed by atoms with Gasteiger partial charge in [0.05, 0.1) is 11.1 Å². The summed E-state index contributed by atoms with van der Waals surface area (Å²) < 4.78 is 0. The van der Waals surface area contributed by atoms with Crippen LogP contribution in [0.4, 0.5) is 0 Å². The van der Waals surface area contributed by atoms with Crippen LogP contribution in [-0.2, 0) is 19.2 Å². The van der Waals surface area contributed by atoms with E-state index in [1.54, 1.807) is 0 Å². The molecule has 2 unspecified atom stereocenters. The molecule has 2 aliphatic heterocycles. The van der Waals surface area contributed by atoms with E-state index >= 15 is 0 Å². The van der Waals surface area contributed by atoms with Gasteiger partial charge in [0.15, 0.2) is 12.1 Å². The standard InChI is InChI=1S/2C7H7NO4/c2*9-6(10)4-2-1-3-8-5(4)7(11)12/h2*1-3,5,8H,(H,9,10)(H,11,12). The fourth-order valence-electron chi connectivity index (χ4n) is 1.78. The molecule has 0 aliphatic carbocycles. The number of carbonyl (C=O) groups is 4. The Hall–Kier alpha value is -3.56. The number of hydrogen-bond donors (Lipinski definition) is 6. The smallest absolute Gasteiger partial charge is 0.334 e. The Balaban J connectivity index is 0.000000240. The van der Waals surface area contributed by atoms with E-state index in [1.165, 1.54) is 36.7 Å². The van der Waals surface area contributed by atoms with Crippen molar-refractivity contribution < 1.29 is 39.6 Å². The van der Waals surface area contributed by atoms with E-state index in [9.17, 15) is 19.2 Å². The molecule has 0 spiro atoms. The molecule has 0 aromatic rings. The Labute approximate surface area is 135 Å². The molecule has 0 saturated carbocycles. The summed E-state index contributed by atoms with van der Waals surface area (Å²) in [6.07, 6.45) is 8.21. The Morgan fingerprint density at radius 3 is 1.25 bits per heavy atom. The van der Waals surface area contributed by atoms with Gasteiger partial charge in [-0.2, -0.15) is 0 Å². The van der Waals surface area contributed by atoms with Crippen LogP contribution in [0.3, 0.4) is 0 Å². The molecule has 0 aromatic heterocycles. The van der Waals surface area contributed by atoms with E-state index in [1.807, 2.05) is 0 Å². The van der Waals surface area contributed by atoms with Crippen LogP contribution in [0.5, 0.6) is 0 Å². The lowest BCUT2D eigenvalue weighted by molar-refractivity contribution is -0.141. The van der Waals surface area contributed by atoms with E-state index in [0.717, 1.165) is 0 Å². The van der Waals surface area contributed by atoms with Gasteiger partial charge in [-0.05, 0) is 36.7 Å². The zero-order valence-electron chi connectivity index (χ0n) is 12.0. The predicted molar refractivity (Wildman–Crippen MR) is 78.8 cm³/mol. The average Bonchev–Trinajstić information content (AvgIpc) is 2.55. The molecule has 128 valence electrons. The molecule has 0 amide bonds. The summed E-state index contributed by atoms with van der Waals surface area (Å²) in [4.78, 5) is 41.9. The molecule has 0 radical (unpaired) electrons. The number of carboxylic acid groups (broad SMARTS) is 4. The quantitative estimate of drug-likeness (QED) is 0.378. The molecule has 0 aromatic carbocycles. The van der Waals surface area contributed by atoms with Crippen LogP contribution in [0.25, 0.3) is 0 Å². The number of aliphatic carboxylic acids is 4. The molecular weight excluding hydrogens is 324 g/mol. The second-order valence-corrected chi connectivity index (χ2v) is 4.45. The topological polar surface area (TPSA) is 173 Å². The Bertz CT molecular complexity index is 616. The first-order valence-electron chi connectivity index (χ1n) is 6.43. The largest absolute Gasteiger partial charge is 0.479 e. The molecule has 24 heavy (non-hydrogen) atoms. The molecule has 0 saturated heterocycles. The molecule has 2 heterocycles. The van der Waals surface area contributed by atoms with Crippen molar-refractivity contribution in [3.05, 3.63) is 47.9 Å². The second-order valence-electron chi connectivity index (χ2n) is 4.45. The summed E-state index contributed by atoms with van der Waals surface area (Å²) in [6, 6.07) is -2.29. The van der Waals surface area contributed by atoms with Crippen LogP contribution in [-0.4, -0.2) is 56.4 Å². The molecular formula is C14H14N2O8. The van der Waals surface area contributed by atoms with E-state index in [2.05, 4.69) is 10.6 Å². The Morgan fingerprint density at radius 1 is 0.708 bits per heavy atom. The van der Waals surface area contributed by atoms with Crippen molar-refractivity contribution in [3.8, 4) is 0 Å². The summed E-state index contributed by atoms with van der Waals surface area (Å²) >= 11 is 0. The minimum Gasteiger partial charge on any atom is -0.479 e. The summed E-state index contributed by atoms with van der Waals surface area (Å²) in [6.45, 7) is 0. The van der Waals surface area contributed by atoms with E-state index < -0.39 is 36.0 Å². The molecule has 10 nitrogen and oxygen atoms in total. The van der Waals surface area contributed by atoms with Gasteiger partial charge < -0.3 is 31.1 Å². The maximum absolute atomic E-state index is 10.5. The average molecular weight is 338 g/mol. The lowest BCUT2D eigenvalue weighted by Gasteiger charge is -2.15. The lowest BCUT2D eigenvalue weighted by atomic mass is 10.1. The minimum absolute atomic E-state index is 0.162. The second kappa shape index (κ2) is 8.17. The highest BCUT2D eigenvalue weighted by atomic mass is 16.4. The number of hydrogen-bond acceptors (Lipinski definition) is 6. The van der Waals surface area contributed by atoms with Crippen LogP contribution in [0.2, 0.25) is 0 Å². The van der Waals surface area contributed by atoms with Gasteiger partial charge in [0, 0.05) is 0 Å². The third-order valence-electron chi connectivity index (χ3n) is 2.88. The highest BCUT2D eigenvalue weighted by Crippen LogP contribution is 2.08. The number of allylic oxidation sites excluding steroid dienone is 4. The van der Waals surface area contributed by atoms with Crippen LogP contribution in [0.1, 0.15) is 0 Å². The van der Waals surface area contributed by atoms with Gasteiger partial charge in [0.2, 0.25) is 0 Å². The highest BCUT2D eigenvalue weighted by Gasteiger charge is 2.27. The molecule has 2 rings (SSSR count). The van der Waals surface area contributed by atoms with Gasteiger partial charge in [-0.1, -0.05) is 0 Å². The maximum Gasteiger partial charge on any atom is 0.334 e. The van der Waals surface area contributed by atoms with Gasteiger partial charge >= 0.3 is 23.9 Å². The first kappa shape index (κ1) is 18.5. The molecule has 10 heteroatoms. The molecule has 2 aliphatic rings. The fraction of sp³-hybridized carbons (Fsp3) is 0.143. The van der Waals surface area contributed by atoms with Crippen LogP contribution in [0.15, 0.2) is 47.9 Å². The first-order valence-corrected chi connectivity index (χ1v) is 6.43. The van der Waals surface area contributed by atoms with Crippen molar-refractivity contribution in [1.29, 1.82) is 0 Å². The fourth-order valence-corrected chi connectivity index (χ4v) is 1.78. The van der Waals surface area contributed by atoms with Crippen molar-refractivity contribution in [2.24, 2.45) is 0 Å². The zero-order chi connectivity index (χ0) is 18.3. The molecule has 2 atom stereocenters. The first-order chi connectivity index (χ1) is 11.3. The van der Waals surface area contributed by atoms with Crippen molar-refractivity contribution in [1.82, 2.24) is 10.6 Å². The molecule has 0 bridgehead atoms. The molecule has 0 fully saturated rings. The normalized spacial score (nSPS) is 21.0. The molecule has 6 N–H and O–H groups in total. The van der Waals surface area contributed by atoms with Gasteiger partial charge in [-0.15, -0.1) is 0 Å².